The molecule has 0 atom stereocenters. The van der Waals surface area contributed by atoms with Crippen LogP contribution in [0.15, 0.2) is 24.4 Å². The Morgan fingerprint density at radius 3 is 3.00 bits per heavy atom. The normalized spacial score (nSPS) is 10.3. The van der Waals surface area contributed by atoms with Crippen molar-refractivity contribution in [2.75, 3.05) is 5.32 Å². The maximum Gasteiger partial charge on any atom is 0.256 e. The average Bonchev–Trinajstić information content (AvgIpc) is 2.81. The molecule has 0 radical (unpaired) electrons. The number of pyridine rings is 1. The predicted molar refractivity (Wildman–Crippen MR) is 69.8 cm³/mol. The van der Waals surface area contributed by atoms with Crippen molar-refractivity contribution in [1.82, 2.24) is 15.2 Å². The van der Waals surface area contributed by atoms with E-state index < -0.39 is 0 Å². The molecule has 94 valence electrons. The highest BCUT2D eigenvalue weighted by molar-refractivity contribution is 6.29. The van der Waals surface area contributed by atoms with Crippen LogP contribution in [0.2, 0.25) is 5.15 Å². The smallest absolute Gasteiger partial charge is 0.256 e. The van der Waals surface area contributed by atoms with Gasteiger partial charge in [0.05, 0.1) is 6.20 Å². The fourth-order valence-electron chi connectivity index (χ4n) is 1.59. The fourth-order valence-corrected chi connectivity index (χ4v) is 1.81. The number of aromatic nitrogens is 3. The summed E-state index contributed by atoms with van der Waals surface area (Å²) in [6.07, 6.45) is 3.32. The lowest BCUT2D eigenvalue weighted by molar-refractivity contribution is 0.102. The number of anilines is 1. The molecule has 2 aromatic rings. The van der Waals surface area contributed by atoms with Crippen molar-refractivity contribution in [3.8, 4) is 0 Å². The van der Waals surface area contributed by atoms with Crippen molar-refractivity contribution in [2.24, 2.45) is 0 Å². The molecule has 2 aromatic heterocycles. The second-order valence-corrected chi connectivity index (χ2v) is 4.23. The van der Waals surface area contributed by atoms with Crippen LogP contribution in [-0.4, -0.2) is 21.1 Å². The van der Waals surface area contributed by atoms with Crippen LogP contribution in [0.25, 0.3) is 0 Å². The fraction of sp³-hybridized carbons (Fsp3) is 0.250. The molecular weight excluding hydrogens is 252 g/mol. The van der Waals surface area contributed by atoms with Gasteiger partial charge in [0, 0.05) is 17.3 Å². The molecule has 0 aliphatic carbocycles. The zero-order chi connectivity index (χ0) is 13.0. The third-order valence-corrected chi connectivity index (χ3v) is 2.56. The highest BCUT2D eigenvalue weighted by Gasteiger charge is 2.10. The molecule has 0 saturated heterocycles. The molecule has 0 fully saturated rings. The van der Waals surface area contributed by atoms with Crippen molar-refractivity contribution in [3.63, 3.8) is 0 Å². The van der Waals surface area contributed by atoms with Crippen LogP contribution in [0, 0.1) is 0 Å². The third kappa shape index (κ3) is 3.07. The molecule has 0 bridgehead atoms. The summed E-state index contributed by atoms with van der Waals surface area (Å²) in [6.45, 7) is 2.05. The molecule has 1 amide bonds. The zero-order valence-corrected chi connectivity index (χ0v) is 10.7. The summed E-state index contributed by atoms with van der Waals surface area (Å²) >= 11 is 5.90. The SMILES string of the molecule is CCCc1cc(C(=O)Nc2ccn[nH]2)cc(Cl)n1. The molecule has 0 aliphatic rings. The lowest BCUT2D eigenvalue weighted by Crippen LogP contribution is -2.13. The van der Waals surface area contributed by atoms with Gasteiger partial charge in [-0.2, -0.15) is 5.10 Å². The number of aryl methyl sites for hydroxylation is 1. The number of H-pyrrole nitrogens is 1. The molecule has 18 heavy (non-hydrogen) atoms. The number of amides is 1. The molecule has 0 saturated carbocycles. The number of rotatable bonds is 4. The van der Waals surface area contributed by atoms with E-state index in [4.69, 9.17) is 11.6 Å². The molecule has 6 heteroatoms. The Kier molecular flexibility index (Phi) is 3.94. The largest absolute Gasteiger partial charge is 0.307 e. The molecule has 2 heterocycles. The quantitative estimate of drug-likeness (QED) is 0.834. The number of carbonyl (C=O) groups is 1. The first-order chi connectivity index (χ1) is 8.69. The summed E-state index contributed by atoms with van der Waals surface area (Å²) in [5, 5.41) is 9.44. The third-order valence-electron chi connectivity index (χ3n) is 2.36. The van der Waals surface area contributed by atoms with E-state index in [9.17, 15) is 4.79 Å². The lowest BCUT2D eigenvalue weighted by Gasteiger charge is -2.05. The van der Waals surface area contributed by atoms with E-state index in [1.54, 1.807) is 24.4 Å². The van der Waals surface area contributed by atoms with Gasteiger partial charge >= 0.3 is 0 Å². The second-order valence-electron chi connectivity index (χ2n) is 3.84. The Morgan fingerprint density at radius 1 is 1.50 bits per heavy atom. The molecule has 2 rings (SSSR count). The highest BCUT2D eigenvalue weighted by atomic mass is 35.5. The maximum atomic E-state index is 12.0. The molecule has 2 N–H and O–H groups in total. The predicted octanol–water partition coefficient (Wildman–Crippen LogP) is 2.66. The first kappa shape index (κ1) is 12.6. The summed E-state index contributed by atoms with van der Waals surface area (Å²) in [5.74, 6) is 0.311. The van der Waals surface area contributed by atoms with Gasteiger partial charge in [0.1, 0.15) is 11.0 Å². The van der Waals surface area contributed by atoms with Crippen molar-refractivity contribution >= 4 is 23.3 Å². The van der Waals surface area contributed by atoms with Crippen LogP contribution >= 0.6 is 11.6 Å². The van der Waals surface area contributed by atoms with Gasteiger partial charge in [0.2, 0.25) is 0 Å². The number of carbonyl (C=O) groups excluding carboxylic acids is 1. The Balaban J connectivity index is 2.19. The van der Waals surface area contributed by atoms with Gasteiger partial charge in [0.25, 0.3) is 5.91 Å². The van der Waals surface area contributed by atoms with Crippen LogP contribution in [0.1, 0.15) is 29.4 Å². The van der Waals surface area contributed by atoms with E-state index in [0.29, 0.717) is 16.5 Å². The Morgan fingerprint density at radius 2 is 2.33 bits per heavy atom. The van der Waals surface area contributed by atoms with Crippen LogP contribution in [0.4, 0.5) is 5.82 Å². The van der Waals surface area contributed by atoms with Gasteiger partial charge in [-0.25, -0.2) is 4.98 Å². The maximum absolute atomic E-state index is 12.0. The summed E-state index contributed by atoms with van der Waals surface area (Å²) in [6, 6.07) is 4.97. The average molecular weight is 265 g/mol. The molecular formula is C12H13ClN4O. The van der Waals surface area contributed by atoms with Gasteiger partial charge in [-0.3, -0.25) is 9.89 Å². The van der Waals surface area contributed by atoms with Crippen molar-refractivity contribution in [1.29, 1.82) is 0 Å². The monoisotopic (exact) mass is 264 g/mol. The summed E-state index contributed by atoms with van der Waals surface area (Å²) in [5.41, 5.74) is 1.31. The molecule has 0 aliphatic heterocycles. The molecule has 0 aromatic carbocycles. The van der Waals surface area contributed by atoms with Crippen molar-refractivity contribution < 1.29 is 4.79 Å². The standard InChI is InChI=1S/C12H13ClN4O/c1-2-3-9-6-8(7-10(13)15-9)12(18)16-11-4-5-14-17-11/h4-7H,2-3H2,1H3,(H2,14,16,17,18). The molecule has 0 spiro atoms. The van der Waals surface area contributed by atoms with Gasteiger partial charge in [-0.15, -0.1) is 0 Å². The number of hydrogen-bond donors (Lipinski definition) is 2. The Hall–Kier alpha value is -1.88. The van der Waals surface area contributed by atoms with Crippen LogP contribution in [0.5, 0.6) is 0 Å². The van der Waals surface area contributed by atoms with Crippen molar-refractivity contribution in [3.05, 3.63) is 40.8 Å². The van der Waals surface area contributed by atoms with Gasteiger partial charge in [-0.05, 0) is 18.6 Å². The minimum absolute atomic E-state index is 0.235. The Labute approximate surface area is 110 Å². The topological polar surface area (TPSA) is 70.7 Å². The number of nitrogens with one attached hydrogen (secondary N) is 2. The first-order valence-electron chi connectivity index (χ1n) is 5.66. The van der Waals surface area contributed by atoms with Crippen LogP contribution in [-0.2, 0) is 6.42 Å². The Bertz CT molecular complexity index is 539. The first-order valence-corrected chi connectivity index (χ1v) is 6.04. The molecule has 5 nitrogen and oxygen atoms in total. The minimum Gasteiger partial charge on any atom is -0.307 e. The number of halogens is 1. The van der Waals surface area contributed by atoms with E-state index in [1.807, 2.05) is 6.92 Å². The van der Waals surface area contributed by atoms with E-state index in [1.165, 1.54) is 0 Å². The molecule has 0 unspecified atom stereocenters. The van der Waals surface area contributed by atoms with E-state index in [-0.39, 0.29) is 5.91 Å². The number of nitrogens with zero attached hydrogens (tertiary/aromatic N) is 2. The van der Waals surface area contributed by atoms with E-state index >= 15 is 0 Å². The summed E-state index contributed by atoms with van der Waals surface area (Å²) < 4.78 is 0. The lowest BCUT2D eigenvalue weighted by atomic mass is 10.1. The second kappa shape index (κ2) is 5.64. The van der Waals surface area contributed by atoms with E-state index in [0.717, 1.165) is 18.5 Å². The van der Waals surface area contributed by atoms with Gasteiger partial charge < -0.3 is 5.32 Å². The summed E-state index contributed by atoms with van der Waals surface area (Å²) in [7, 11) is 0. The van der Waals surface area contributed by atoms with Gasteiger partial charge in [-0.1, -0.05) is 24.9 Å². The minimum atomic E-state index is -0.235. The number of hydrogen-bond acceptors (Lipinski definition) is 3. The highest BCUT2D eigenvalue weighted by Crippen LogP contribution is 2.13. The van der Waals surface area contributed by atoms with Crippen molar-refractivity contribution in [2.45, 2.75) is 19.8 Å². The van der Waals surface area contributed by atoms with Crippen LogP contribution in [0.3, 0.4) is 0 Å². The van der Waals surface area contributed by atoms with Crippen LogP contribution < -0.4 is 5.32 Å². The zero-order valence-electron chi connectivity index (χ0n) is 9.90. The number of aromatic amines is 1. The summed E-state index contributed by atoms with van der Waals surface area (Å²) in [4.78, 5) is 16.1. The van der Waals surface area contributed by atoms with E-state index in [2.05, 4.69) is 20.5 Å². The van der Waals surface area contributed by atoms with Gasteiger partial charge in [0.15, 0.2) is 0 Å².